The average Bonchev–Trinajstić information content (AvgIpc) is 2.67. The molecule has 0 atom stereocenters. The van der Waals surface area contributed by atoms with E-state index in [0.29, 0.717) is 18.7 Å². The van der Waals surface area contributed by atoms with E-state index >= 15 is 0 Å². The average molecular weight is 444 g/mol. The van der Waals surface area contributed by atoms with Crippen LogP contribution in [0.4, 0.5) is 11.5 Å². The van der Waals surface area contributed by atoms with Crippen LogP contribution in [-0.4, -0.2) is 44.1 Å². The molecule has 11 nitrogen and oxygen atoms in total. The second-order valence-corrected chi connectivity index (χ2v) is 9.52. The predicted octanol–water partition coefficient (Wildman–Crippen LogP) is 1.63. The van der Waals surface area contributed by atoms with Crippen molar-refractivity contribution in [2.75, 3.05) is 18.5 Å². The summed E-state index contributed by atoms with van der Waals surface area (Å²) in [5.74, 6) is 0.0497. The normalized spacial score (nSPS) is 12.1. The molecule has 0 amide bonds. The Balaban J connectivity index is 2.18. The van der Waals surface area contributed by atoms with E-state index in [1.165, 1.54) is 35.5 Å². The molecule has 0 radical (unpaired) electrons. The topological polar surface area (TPSA) is 152 Å². The van der Waals surface area contributed by atoms with Crippen LogP contribution in [0.5, 0.6) is 0 Å². The van der Waals surface area contributed by atoms with Crippen molar-refractivity contribution < 1.29 is 21.8 Å². The van der Waals surface area contributed by atoms with Gasteiger partial charge in [-0.3, -0.25) is 15.5 Å². The van der Waals surface area contributed by atoms with Crippen LogP contribution in [0.3, 0.4) is 0 Å². The number of hydrazine groups is 1. The number of pyridine rings is 1. The van der Waals surface area contributed by atoms with Gasteiger partial charge in [0.2, 0.25) is 10.0 Å². The summed E-state index contributed by atoms with van der Waals surface area (Å²) in [5, 5.41) is 11.0. The lowest BCUT2D eigenvalue weighted by molar-refractivity contribution is -0.385. The van der Waals surface area contributed by atoms with Crippen molar-refractivity contribution in [1.29, 1.82) is 0 Å². The highest BCUT2D eigenvalue weighted by Gasteiger charge is 2.22. The number of hydrogen-bond donors (Lipinski definition) is 2. The highest BCUT2D eigenvalue weighted by molar-refractivity contribution is 7.89. The van der Waals surface area contributed by atoms with Crippen LogP contribution < -0.4 is 10.3 Å². The van der Waals surface area contributed by atoms with Crippen LogP contribution in [0, 0.1) is 17.0 Å². The number of benzene rings is 1. The molecule has 158 valence electrons. The molecule has 29 heavy (non-hydrogen) atoms. The number of aromatic nitrogens is 1. The van der Waals surface area contributed by atoms with Crippen molar-refractivity contribution in [3.8, 4) is 0 Å². The number of aryl methyl sites for hydroxylation is 1. The molecule has 0 unspecified atom stereocenters. The van der Waals surface area contributed by atoms with Gasteiger partial charge >= 0.3 is 0 Å². The molecule has 0 fully saturated rings. The number of nitrogens with zero attached hydrogens (tertiary/aromatic N) is 3. The minimum Gasteiger partial charge on any atom is -0.292 e. The zero-order chi connectivity index (χ0) is 21.8. The Morgan fingerprint density at radius 3 is 2.21 bits per heavy atom. The summed E-state index contributed by atoms with van der Waals surface area (Å²) in [6, 6.07) is 6.12. The van der Waals surface area contributed by atoms with E-state index in [1.54, 1.807) is 13.8 Å². The molecular formula is C16H21N5O6S2. The third-order valence-corrected chi connectivity index (χ3v) is 7.36. The molecule has 2 aromatic rings. The van der Waals surface area contributed by atoms with Gasteiger partial charge in [0, 0.05) is 30.9 Å². The summed E-state index contributed by atoms with van der Waals surface area (Å²) in [6.07, 6.45) is 1.11. The fourth-order valence-electron chi connectivity index (χ4n) is 2.45. The van der Waals surface area contributed by atoms with Crippen molar-refractivity contribution in [3.63, 3.8) is 0 Å². The second kappa shape index (κ2) is 8.82. The van der Waals surface area contributed by atoms with E-state index in [0.717, 1.165) is 12.3 Å². The van der Waals surface area contributed by atoms with Crippen molar-refractivity contribution in [1.82, 2.24) is 14.1 Å². The van der Waals surface area contributed by atoms with Gasteiger partial charge in [-0.15, -0.1) is 4.83 Å². The Morgan fingerprint density at radius 1 is 1.07 bits per heavy atom. The van der Waals surface area contributed by atoms with Gasteiger partial charge < -0.3 is 0 Å². The molecule has 0 bridgehead atoms. The Bertz CT molecular complexity index is 1100. The van der Waals surface area contributed by atoms with Crippen LogP contribution >= 0.6 is 0 Å². The maximum absolute atomic E-state index is 12.4. The van der Waals surface area contributed by atoms with Gasteiger partial charge in [0.05, 0.1) is 9.82 Å². The molecule has 13 heteroatoms. The maximum atomic E-state index is 12.4. The van der Waals surface area contributed by atoms with E-state index in [1.807, 2.05) is 0 Å². The highest BCUT2D eigenvalue weighted by Crippen LogP contribution is 2.22. The van der Waals surface area contributed by atoms with Gasteiger partial charge in [0.25, 0.3) is 15.7 Å². The van der Waals surface area contributed by atoms with E-state index in [-0.39, 0.29) is 21.3 Å². The number of nitro groups is 1. The molecule has 0 aliphatic rings. The van der Waals surface area contributed by atoms with Gasteiger partial charge in [-0.1, -0.05) is 19.9 Å². The first-order chi connectivity index (χ1) is 13.5. The fourth-order valence-corrected chi connectivity index (χ4v) is 4.73. The number of nitrogens with one attached hydrogen (secondary N) is 2. The molecule has 2 N–H and O–H groups in total. The third kappa shape index (κ3) is 5.06. The Kier molecular flexibility index (Phi) is 6.89. The quantitative estimate of drug-likeness (QED) is 0.438. The highest BCUT2D eigenvalue weighted by atomic mass is 32.2. The Hall–Kier alpha value is -2.61. The van der Waals surface area contributed by atoms with Crippen LogP contribution in [0.1, 0.15) is 19.4 Å². The zero-order valence-corrected chi connectivity index (χ0v) is 17.6. The Labute approximate surface area is 169 Å². The van der Waals surface area contributed by atoms with Gasteiger partial charge in [0.15, 0.2) is 0 Å². The smallest absolute Gasteiger partial charge is 0.273 e. The third-order valence-electron chi connectivity index (χ3n) is 4.08. The zero-order valence-electron chi connectivity index (χ0n) is 16.0. The molecule has 0 saturated heterocycles. The fraction of sp³-hybridized carbons (Fsp3) is 0.312. The molecular weight excluding hydrogens is 422 g/mol. The maximum Gasteiger partial charge on any atom is 0.273 e. The van der Waals surface area contributed by atoms with Crippen molar-refractivity contribution in [2.45, 2.75) is 30.6 Å². The molecule has 1 aromatic heterocycles. The molecule has 1 heterocycles. The van der Waals surface area contributed by atoms with Gasteiger partial charge in [-0.25, -0.2) is 21.8 Å². The Morgan fingerprint density at radius 2 is 1.69 bits per heavy atom. The summed E-state index contributed by atoms with van der Waals surface area (Å²) in [4.78, 5) is 16.0. The van der Waals surface area contributed by atoms with Gasteiger partial charge in [-0.2, -0.15) is 4.31 Å². The van der Waals surface area contributed by atoms with E-state index in [9.17, 15) is 26.9 Å². The monoisotopic (exact) mass is 443 g/mol. The summed E-state index contributed by atoms with van der Waals surface area (Å²) in [6.45, 7) is 5.55. The lowest BCUT2D eigenvalue weighted by Gasteiger charge is -2.18. The van der Waals surface area contributed by atoms with E-state index < -0.39 is 25.0 Å². The minimum absolute atomic E-state index is 0.0243. The lowest BCUT2D eigenvalue weighted by atomic mass is 10.2. The van der Waals surface area contributed by atoms with Gasteiger partial charge in [0.1, 0.15) is 10.7 Å². The molecule has 0 aliphatic heterocycles. The van der Waals surface area contributed by atoms with Crippen molar-refractivity contribution in [3.05, 3.63) is 52.2 Å². The standard InChI is InChI=1S/C16H21N5O6S2/c1-4-20(5-2)29(26,27)14-8-9-16(17-11-14)18-19-28(24,25)13-7-6-12(3)15(10-13)21(22)23/h6-11,19H,4-5H2,1-3H3,(H,17,18). The lowest BCUT2D eigenvalue weighted by Crippen LogP contribution is -2.31. The number of rotatable bonds is 9. The number of hydrogen-bond acceptors (Lipinski definition) is 8. The number of anilines is 1. The van der Waals surface area contributed by atoms with Crippen LogP contribution in [0.15, 0.2) is 46.3 Å². The summed E-state index contributed by atoms with van der Waals surface area (Å²) in [7, 11) is -7.80. The summed E-state index contributed by atoms with van der Waals surface area (Å²) < 4.78 is 50.8. The molecule has 0 aliphatic carbocycles. The van der Waals surface area contributed by atoms with E-state index in [2.05, 4.69) is 15.2 Å². The first-order valence-electron chi connectivity index (χ1n) is 8.52. The van der Waals surface area contributed by atoms with Crippen LogP contribution in [-0.2, 0) is 20.0 Å². The van der Waals surface area contributed by atoms with Crippen molar-refractivity contribution >= 4 is 31.6 Å². The van der Waals surface area contributed by atoms with Gasteiger partial charge in [-0.05, 0) is 25.1 Å². The molecule has 0 spiro atoms. The predicted molar refractivity (Wildman–Crippen MR) is 106 cm³/mol. The first-order valence-corrected chi connectivity index (χ1v) is 11.4. The largest absolute Gasteiger partial charge is 0.292 e. The summed E-state index contributed by atoms with van der Waals surface area (Å²) >= 11 is 0. The van der Waals surface area contributed by atoms with Crippen LogP contribution in [0.2, 0.25) is 0 Å². The summed E-state index contributed by atoms with van der Waals surface area (Å²) in [5.41, 5.74) is 2.36. The minimum atomic E-state index is -4.12. The van der Waals surface area contributed by atoms with Crippen molar-refractivity contribution in [2.24, 2.45) is 0 Å². The first kappa shape index (κ1) is 22.7. The second-order valence-electron chi connectivity index (χ2n) is 5.90. The van der Waals surface area contributed by atoms with E-state index in [4.69, 9.17) is 0 Å². The number of nitro benzene ring substituents is 1. The van der Waals surface area contributed by atoms with Crippen LogP contribution in [0.25, 0.3) is 0 Å². The molecule has 0 saturated carbocycles. The number of sulfonamides is 2. The SMILES string of the molecule is CCN(CC)S(=O)(=O)c1ccc(NNS(=O)(=O)c2ccc(C)c([N+](=O)[O-])c2)nc1. The molecule has 1 aromatic carbocycles. The molecule has 2 rings (SSSR count).